The van der Waals surface area contributed by atoms with Gasteiger partial charge in [-0.25, -0.2) is 0 Å². The lowest BCUT2D eigenvalue weighted by Crippen LogP contribution is -2.52. The smallest absolute Gasteiger partial charge is 0.245 e. The standard InChI is InChI=1S/C16H12N4O2/c17-8-14-7-16(22,20-13(14)21)6-12(15(14,9-18)10-19)11-4-2-1-3-5-11/h1-5,12,22H,6-7H2,(H,20,21)/t12-,14-,16-/m0/s1. The zero-order valence-electron chi connectivity index (χ0n) is 11.6. The second-order valence-corrected chi connectivity index (χ2v) is 5.88. The van der Waals surface area contributed by atoms with E-state index in [1.807, 2.05) is 18.2 Å². The van der Waals surface area contributed by atoms with Crippen molar-refractivity contribution < 1.29 is 9.90 Å². The molecule has 0 aromatic heterocycles. The van der Waals surface area contributed by atoms with Crippen LogP contribution in [0, 0.1) is 44.8 Å². The van der Waals surface area contributed by atoms with Gasteiger partial charge in [0.1, 0.15) is 5.72 Å². The summed E-state index contributed by atoms with van der Waals surface area (Å²) in [4.78, 5) is 12.3. The Balaban J connectivity index is 2.29. The predicted molar refractivity (Wildman–Crippen MR) is 73.2 cm³/mol. The van der Waals surface area contributed by atoms with Gasteiger partial charge >= 0.3 is 0 Å². The molecule has 0 spiro atoms. The number of nitriles is 3. The fourth-order valence-electron chi connectivity index (χ4n) is 3.71. The lowest BCUT2D eigenvalue weighted by atomic mass is 9.51. The average Bonchev–Trinajstić information content (AvgIpc) is 2.77. The van der Waals surface area contributed by atoms with E-state index in [0.29, 0.717) is 5.56 Å². The molecule has 1 amide bonds. The number of carbonyl (C=O) groups is 1. The minimum Gasteiger partial charge on any atom is -0.371 e. The molecular formula is C16H12N4O2. The van der Waals surface area contributed by atoms with Gasteiger partial charge in [0.2, 0.25) is 5.91 Å². The van der Waals surface area contributed by atoms with Gasteiger partial charge in [-0.1, -0.05) is 30.3 Å². The molecule has 1 aromatic carbocycles. The third-order valence-corrected chi connectivity index (χ3v) is 4.77. The molecule has 2 aliphatic rings. The summed E-state index contributed by atoms with van der Waals surface area (Å²) >= 11 is 0. The van der Waals surface area contributed by atoms with E-state index < -0.39 is 28.4 Å². The predicted octanol–water partition coefficient (Wildman–Crippen LogP) is 0.926. The van der Waals surface area contributed by atoms with E-state index in [9.17, 15) is 25.7 Å². The molecule has 2 fully saturated rings. The summed E-state index contributed by atoms with van der Waals surface area (Å²) in [6, 6.07) is 14.5. The largest absolute Gasteiger partial charge is 0.371 e. The topological polar surface area (TPSA) is 121 Å². The maximum absolute atomic E-state index is 12.3. The van der Waals surface area contributed by atoms with Crippen LogP contribution in [0.5, 0.6) is 0 Å². The van der Waals surface area contributed by atoms with Crippen molar-refractivity contribution in [2.45, 2.75) is 24.5 Å². The quantitative estimate of drug-likeness (QED) is 0.797. The molecule has 3 rings (SSSR count). The molecule has 0 unspecified atom stereocenters. The first kappa shape index (κ1) is 14.1. The van der Waals surface area contributed by atoms with Crippen LogP contribution < -0.4 is 5.32 Å². The maximum Gasteiger partial charge on any atom is 0.245 e. The van der Waals surface area contributed by atoms with Crippen molar-refractivity contribution in [1.82, 2.24) is 5.32 Å². The van der Waals surface area contributed by atoms with Crippen molar-refractivity contribution in [3.05, 3.63) is 35.9 Å². The van der Waals surface area contributed by atoms with Crippen LogP contribution in [0.3, 0.4) is 0 Å². The summed E-state index contributed by atoms with van der Waals surface area (Å²) < 4.78 is 0. The lowest BCUT2D eigenvalue weighted by Gasteiger charge is -2.43. The highest BCUT2D eigenvalue weighted by molar-refractivity contribution is 5.91. The number of aliphatic hydroxyl groups is 1. The van der Waals surface area contributed by atoms with Crippen LogP contribution in [-0.4, -0.2) is 16.7 Å². The number of hydrogen-bond acceptors (Lipinski definition) is 5. The van der Waals surface area contributed by atoms with E-state index in [1.165, 1.54) is 0 Å². The van der Waals surface area contributed by atoms with Gasteiger partial charge in [-0.3, -0.25) is 4.79 Å². The molecule has 2 N–H and O–H groups in total. The van der Waals surface area contributed by atoms with Crippen molar-refractivity contribution in [2.75, 3.05) is 0 Å². The van der Waals surface area contributed by atoms with Crippen LogP contribution in [0.25, 0.3) is 0 Å². The molecule has 2 bridgehead atoms. The molecule has 1 heterocycles. The Hall–Kier alpha value is -2.88. The van der Waals surface area contributed by atoms with Crippen LogP contribution >= 0.6 is 0 Å². The fourth-order valence-corrected chi connectivity index (χ4v) is 3.71. The Morgan fingerprint density at radius 1 is 1.14 bits per heavy atom. The van der Waals surface area contributed by atoms with Crippen LogP contribution in [0.15, 0.2) is 30.3 Å². The first-order valence-corrected chi connectivity index (χ1v) is 6.81. The normalized spacial score (nSPS) is 34.8. The van der Waals surface area contributed by atoms with Crippen molar-refractivity contribution in [2.24, 2.45) is 10.8 Å². The molecule has 0 radical (unpaired) electrons. The van der Waals surface area contributed by atoms with E-state index in [4.69, 9.17) is 0 Å². The Morgan fingerprint density at radius 2 is 1.77 bits per heavy atom. The Labute approximate surface area is 127 Å². The molecular weight excluding hydrogens is 280 g/mol. The van der Waals surface area contributed by atoms with Gasteiger partial charge in [0, 0.05) is 18.8 Å². The molecule has 6 heteroatoms. The van der Waals surface area contributed by atoms with Crippen molar-refractivity contribution in [3.8, 4) is 18.2 Å². The Bertz CT molecular complexity index is 756. The second-order valence-electron chi connectivity index (χ2n) is 5.88. The summed E-state index contributed by atoms with van der Waals surface area (Å²) in [7, 11) is 0. The van der Waals surface area contributed by atoms with Gasteiger partial charge in [0.25, 0.3) is 0 Å². The van der Waals surface area contributed by atoms with Crippen molar-refractivity contribution in [1.29, 1.82) is 15.8 Å². The number of nitrogens with one attached hydrogen (secondary N) is 1. The van der Waals surface area contributed by atoms with Gasteiger partial charge in [0.05, 0.1) is 18.2 Å². The summed E-state index contributed by atoms with van der Waals surface area (Å²) in [6.45, 7) is 0. The SMILES string of the molecule is N#CC1(C#N)[C@H](c2ccccc2)C[C@]2(O)C[C@]1(C#N)C(=O)N2. The number of amides is 1. The van der Waals surface area contributed by atoms with Crippen molar-refractivity contribution in [3.63, 3.8) is 0 Å². The third-order valence-electron chi connectivity index (χ3n) is 4.77. The highest BCUT2D eigenvalue weighted by atomic mass is 16.3. The number of benzene rings is 1. The number of nitrogens with zero attached hydrogens (tertiary/aromatic N) is 3. The Morgan fingerprint density at radius 3 is 2.32 bits per heavy atom. The zero-order valence-corrected chi connectivity index (χ0v) is 11.6. The molecule has 1 aliphatic heterocycles. The number of hydrogen-bond donors (Lipinski definition) is 2. The molecule has 6 nitrogen and oxygen atoms in total. The maximum atomic E-state index is 12.3. The molecule has 3 atom stereocenters. The average molecular weight is 292 g/mol. The molecule has 108 valence electrons. The summed E-state index contributed by atoms with van der Waals surface area (Å²) in [5.41, 5.74) is -4.62. The van der Waals surface area contributed by atoms with E-state index in [0.717, 1.165) is 0 Å². The molecule has 22 heavy (non-hydrogen) atoms. The van der Waals surface area contributed by atoms with Gasteiger partial charge in [-0.15, -0.1) is 0 Å². The lowest BCUT2D eigenvalue weighted by molar-refractivity contribution is -0.128. The van der Waals surface area contributed by atoms with Gasteiger partial charge in [0.15, 0.2) is 10.8 Å². The number of rotatable bonds is 1. The summed E-state index contributed by atoms with van der Waals surface area (Å²) in [5.74, 6) is -1.49. The Kier molecular flexibility index (Phi) is 2.75. The molecule has 1 aromatic rings. The third kappa shape index (κ3) is 1.46. The second kappa shape index (κ2) is 4.31. The summed E-state index contributed by atoms with van der Waals surface area (Å²) in [6.07, 6.45) is -0.229. The van der Waals surface area contributed by atoms with Crippen LogP contribution in [0.2, 0.25) is 0 Å². The van der Waals surface area contributed by atoms with E-state index in [2.05, 4.69) is 5.32 Å². The van der Waals surface area contributed by atoms with Gasteiger partial charge < -0.3 is 10.4 Å². The van der Waals surface area contributed by atoms with E-state index in [1.54, 1.807) is 30.3 Å². The minimum absolute atomic E-state index is 0.0211. The minimum atomic E-state index is -1.87. The van der Waals surface area contributed by atoms with Gasteiger partial charge in [-0.2, -0.15) is 15.8 Å². The van der Waals surface area contributed by atoms with E-state index >= 15 is 0 Å². The van der Waals surface area contributed by atoms with E-state index in [-0.39, 0.29) is 12.8 Å². The first-order valence-electron chi connectivity index (χ1n) is 6.81. The van der Waals surface area contributed by atoms with Crippen LogP contribution in [0.4, 0.5) is 0 Å². The molecule has 1 saturated carbocycles. The number of carbonyl (C=O) groups excluding carboxylic acids is 1. The van der Waals surface area contributed by atoms with Crippen LogP contribution in [-0.2, 0) is 4.79 Å². The molecule has 1 aliphatic carbocycles. The van der Waals surface area contributed by atoms with Crippen molar-refractivity contribution >= 4 is 5.91 Å². The molecule has 1 saturated heterocycles. The summed E-state index contributed by atoms with van der Waals surface area (Å²) in [5, 5.41) is 41.9. The van der Waals surface area contributed by atoms with Crippen LogP contribution in [0.1, 0.15) is 24.3 Å². The zero-order chi connectivity index (χ0) is 16.0. The monoisotopic (exact) mass is 292 g/mol. The highest BCUT2D eigenvalue weighted by Crippen LogP contribution is 2.62. The first-order chi connectivity index (χ1) is 10.5. The fraction of sp³-hybridized carbons (Fsp3) is 0.375. The highest BCUT2D eigenvalue weighted by Gasteiger charge is 2.73. The number of fused-ring (bicyclic) bond motifs is 2. The van der Waals surface area contributed by atoms with Gasteiger partial charge in [-0.05, 0) is 5.56 Å².